The van der Waals surface area contributed by atoms with Gasteiger partial charge in [-0.3, -0.25) is 0 Å². The van der Waals surface area contributed by atoms with Crippen LogP contribution in [0, 0.1) is 12.7 Å². The van der Waals surface area contributed by atoms with Crippen molar-refractivity contribution in [1.82, 2.24) is 10.2 Å². The van der Waals surface area contributed by atoms with Crippen molar-refractivity contribution in [2.24, 2.45) is 0 Å². The van der Waals surface area contributed by atoms with Gasteiger partial charge >= 0.3 is 0 Å². The Labute approximate surface area is 133 Å². The number of aryl methyl sites for hydroxylation is 1. The lowest BCUT2D eigenvalue weighted by atomic mass is 10.1. The summed E-state index contributed by atoms with van der Waals surface area (Å²) in [6, 6.07) is 18.8. The van der Waals surface area contributed by atoms with Gasteiger partial charge in [0.1, 0.15) is 10.8 Å². The molecular weight excluding hydrogens is 295 g/mol. The first-order valence-electron chi connectivity index (χ1n) is 7.00. The molecule has 0 aliphatic carbocycles. The van der Waals surface area contributed by atoms with Gasteiger partial charge in [-0.1, -0.05) is 54.2 Å². The number of benzene rings is 2. The predicted molar refractivity (Wildman–Crippen MR) is 88.2 cm³/mol. The van der Waals surface area contributed by atoms with Crippen molar-refractivity contribution in [3.05, 3.63) is 77.6 Å². The highest BCUT2D eigenvalue weighted by molar-refractivity contribution is 7.98. The Morgan fingerprint density at radius 2 is 1.68 bits per heavy atom. The van der Waals surface area contributed by atoms with E-state index in [1.54, 1.807) is 12.1 Å². The zero-order valence-electron chi connectivity index (χ0n) is 12.2. The molecule has 2 nitrogen and oxygen atoms in total. The topological polar surface area (TPSA) is 25.8 Å². The van der Waals surface area contributed by atoms with Gasteiger partial charge in [-0.05, 0) is 36.2 Å². The molecule has 1 aromatic heterocycles. The average Bonchev–Trinajstić information content (AvgIpc) is 2.55. The first kappa shape index (κ1) is 14.7. The third-order valence-electron chi connectivity index (χ3n) is 3.39. The van der Waals surface area contributed by atoms with Crippen LogP contribution < -0.4 is 0 Å². The van der Waals surface area contributed by atoms with E-state index in [0.29, 0.717) is 11.3 Å². The summed E-state index contributed by atoms with van der Waals surface area (Å²) in [5, 5.41) is 9.30. The Balaban J connectivity index is 1.72. The molecule has 3 aromatic rings. The quantitative estimate of drug-likeness (QED) is 0.642. The van der Waals surface area contributed by atoms with Crippen LogP contribution in [0.5, 0.6) is 0 Å². The van der Waals surface area contributed by atoms with Crippen LogP contribution in [0.15, 0.2) is 65.7 Å². The summed E-state index contributed by atoms with van der Waals surface area (Å²) in [5.74, 6) is 0.366. The molecule has 0 radical (unpaired) electrons. The summed E-state index contributed by atoms with van der Waals surface area (Å²) >= 11 is 1.48. The van der Waals surface area contributed by atoms with E-state index < -0.39 is 0 Å². The Hall–Kier alpha value is -2.20. The lowest BCUT2D eigenvalue weighted by Crippen LogP contribution is -1.92. The third kappa shape index (κ3) is 3.34. The molecule has 0 bridgehead atoms. The van der Waals surface area contributed by atoms with Crippen LogP contribution >= 0.6 is 11.8 Å². The lowest BCUT2D eigenvalue weighted by Gasteiger charge is -2.05. The predicted octanol–water partition coefficient (Wildman–Crippen LogP) is 4.88. The largest absolute Gasteiger partial charge is 0.207 e. The number of nitrogens with zero attached hydrogens (tertiary/aromatic N) is 2. The van der Waals surface area contributed by atoms with Crippen LogP contribution in [0.25, 0.3) is 11.3 Å². The highest BCUT2D eigenvalue weighted by Crippen LogP contribution is 2.25. The van der Waals surface area contributed by atoms with Crippen LogP contribution in [0.2, 0.25) is 0 Å². The summed E-state index contributed by atoms with van der Waals surface area (Å²) in [4.78, 5) is 0. The molecular formula is C18H15FN2S. The van der Waals surface area contributed by atoms with E-state index in [0.717, 1.165) is 16.3 Å². The summed E-state index contributed by atoms with van der Waals surface area (Å²) < 4.78 is 13.6. The maximum absolute atomic E-state index is 13.6. The third-order valence-corrected chi connectivity index (χ3v) is 4.36. The van der Waals surface area contributed by atoms with Crippen molar-refractivity contribution in [3.8, 4) is 11.3 Å². The SMILES string of the molecule is Cc1ccccc1-c1ccc(SCc2ccccc2F)nn1. The Morgan fingerprint density at radius 1 is 0.909 bits per heavy atom. The number of thioether (sulfide) groups is 1. The molecule has 0 spiro atoms. The normalized spacial score (nSPS) is 10.6. The molecule has 0 saturated carbocycles. The molecule has 0 atom stereocenters. The molecule has 1 heterocycles. The Morgan fingerprint density at radius 3 is 2.41 bits per heavy atom. The molecule has 0 N–H and O–H groups in total. The first-order valence-corrected chi connectivity index (χ1v) is 7.98. The minimum absolute atomic E-state index is 0.181. The van der Waals surface area contributed by atoms with Crippen LogP contribution in [0.4, 0.5) is 4.39 Å². The second-order valence-electron chi connectivity index (χ2n) is 4.95. The summed E-state index contributed by atoms with van der Waals surface area (Å²) in [6.07, 6.45) is 0. The Bertz CT molecular complexity index is 772. The average molecular weight is 310 g/mol. The van der Waals surface area contributed by atoms with Crippen molar-refractivity contribution in [2.45, 2.75) is 17.7 Å². The van der Waals surface area contributed by atoms with Crippen LogP contribution in [0.3, 0.4) is 0 Å². The van der Waals surface area contributed by atoms with Gasteiger partial charge < -0.3 is 0 Å². The Kier molecular flexibility index (Phi) is 4.49. The van der Waals surface area contributed by atoms with Gasteiger partial charge in [-0.15, -0.1) is 10.2 Å². The fourth-order valence-corrected chi connectivity index (χ4v) is 2.97. The first-order chi connectivity index (χ1) is 10.7. The monoisotopic (exact) mass is 310 g/mol. The maximum atomic E-state index is 13.6. The second-order valence-corrected chi connectivity index (χ2v) is 5.95. The zero-order valence-corrected chi connectivity index (χ0v) is 13.0. The van der Waals surface area contributed by atoms with E-state index in [-0.39, 0.29) is 5.82 Å². The van der Waals surface area contributed by atoms with Gasteiger partial charge in [0.05, 0.1) is 5.69 Å². The molecule has 22 heavy (non-hydrogen) atoms. The number of rotatable bonds is 4. The number of hydrogen-bond acceptors (Lipinski definition) is 3. The summed E-state index contributed by atoms with van der Waals surface area (Å²) in [5.41, 5.74) is 3.79. The maximum Gasteiger partial charge on any atom is 0.127 e. The fourth-order valence-electron chi connectivity index (χ4n) is 2.17. The number of halogens is 1. The van der Waals surface area contributed by atoms with Gasteiger partial charge in [0, 0.05) is 11.3 Å². The molecule has 3 rings (SSSR count). The van der Waals surface area contributed by atoms with Crippen molar-refractivity contribution < 1.29 is 4.39 Å². The highest BCUT2D eigenvalue weighted by atomic mass is 32.2. The van der Waals surface area contributed by atoms with Crippen LogP contribution in [0.1, 0.15) is 11.1 Å². The fraction of sp³-hybridized carbons (Fsp3) is 0.111. The summed E-state index contributed by atoms with van der Waals surface area (Å²) in [7, 11) is 0. The smallest absolute Gasteiger partial charge is 0.127 e. The van der Waals surface area contributed by atoms with Gasteiger partial charge in [-0.25, -0.2) is 4.39 Å². The molecule has 2 aromatic carbocycles. The number of aromatic nitrogens is 2. The molecule has 0 saturated heterocycles. The summed E-state index contributed by atoms with van der Waals surface area (Å²) in [6.45, 7) is 2.05. The molecule has 110 valence electrons. The van der Waals surface area contributed by atoms with Crippen molar-refractivity contribution in [2.75, 3.05) is 0 Å². The van der Waals surface area contributed by atoms with Gasteiger partial charge in [0.15, 0.2) is 0 Å². The standard InChI is InChI=1S/C18H15FN2S/c1-13-6-2-4-8-15(13)17-10-11-18(21-20-17)22-12-14-7-3-5-9-16(14)19/h2-11H,12H2,1H3. The molecule has 0 fully saturated rings. The van der Waals surface area contributed by atoms with E-state index in [1.807, 2.05) is 36.4 Å². The van der Waals surface area contributed by atoms with Crippen molar-refractivity contribution >= 4 is 11.8 Å². The number of hydrogen-bond donors (Lipinski definition) is 0. The van der Waals surface area contributed by atoms with Gasteiger partial charge in [-0.2, -0.15) is 0 Å². The second kappa shape index (κ2) is 6.71. The van der Waals surface area contributed by atoms with E-state index >= 15 is 0 Å². The molecule has 0 amide bonds. The van der Waals surface area contributed by atoms with Crippen molar-refractivity contribution in [1.29, 1.82) is 0 Å². The highest BCUT2D eigenvalue weighted by Gasteiger charge is 2.06. The lowest BCUT2D eigenvalue weighted by molar-refractivity contribution is 0.617. The van der Waals surface area contributed by atoms with Crippen molar-refractivity contribution in [3.63, 3.8) is 0 Å². The van der Waals surface area contributed by atoms with Crippen LogP contribution in [-0.4, -0.2) is 10.2 Å². The minimum Gasteiger partial charge on any atom is -0.207 e. The zero-order chi connectivity index (χ0) is 15.4. The van der Waals surface area contributed by atoms with E-state index in [4.69, 9.17) is 0 Å². The van der Waals surface area contributed by atoms with Gasteiger partial charge in [0.25, 0.3) is 0 Å². The van der Waals surface area contributed by atoms with Crippen LogP contribution in [-0.2, 0) is 5.75 Å². The van der Waals surface area contributed by atoms with Gasteiger partial charge in [0.2, 0.25) is 0 Å². The minimum atomic E-state index is -0.181. The van der Waals surface area contributed by atoms with E-state index in [1.165, 1.54) is 23.4 Å². The van der Waals surface area contributed by atoms with E-state index in [9.17, 15) is 4.39 Å². The molecule has 0 aliphatic heterocycles. The van der Waals surface area contributed by atoms with E-state index in [2.05, 4.69) is 23.2 Å². The molecule has 4 heteroatoms. The molecule has 0 unspecified atom stereocenters. The molecule has 0 aliphatic rings.